The quantitative estimate of drug-likeness (QED) is 0.647. The number of H-pyrrole nitrogens is 1. The first-order chi connectivity index (χ1) is 11.7. The second-order valence-corrected chi connectivity index (χ2v) is 6.11. The summed E-state index contributed by atoms with van der Waals surface area (Å²) in [5.74, 6) is -1.15. The van der Waals surface area contributed by atoms with Gasteiger partial charge in [-0.3, -0.25) is 4.79 Å². The van der Waals surface area contributed by atoms with Gasteiger partial charge in [0.25, 0.3) is 0 Å². The van der Waals surface area contributed by atoms with Crippen molar-refractivity contribution < 1.29 is 23.1 Å². The van der Waals surface area contributed by atoms with Crippen LogP contribution in [0.4, 0.5) is 13.2 Å². The number of nitrogens with one attached hydrogen (secondary N) is 1. The number of halogens is 4. The molecule has 3 nitrogen and oxygen atoms in total. The highest BCUT2D eigenvalue weighted by atomic mass is 35.5. The van der Waals surface area contributed by atoms with Crippen molar-refractivity contribution in [1.29, 1.82) is 0 Å². The summed E-state index contributed by atoms with van der Waals surface area (Å²) in [6, 6.07) is 8.41. The Morgan fingerprint density at radius 2 is 1.88 bits per heavy atom. The molecule has 0 fully saturated rings. The molecule has 2 aromatic carbocycles. The largest absolute Gasteiger partial charge is 0.481 e. The van der Waals surface area contributed by atoms with Gasteiger partial charge in [-0.05, 0) is 30.2 Å². The lowest BCUT2D eigenvalue weighted by molar-refractivity contribution is -0.137. The third-order valence-corrected chi connectivity index (χ3v) is 4.36. The number of aryl methyl sites for hydroxylation is 1. The normalized spacial score (nSPS) is 11.9. The molecule has 0 saturated carbocycles. The van der Waals surface area contributed by atoms with Crippen molar-refractivity contribution in [2.45, 2.75) is 19.5 Å². The number of carboxylic acid groups (broad SMARTS) is 1. The highest BCUT2D eigenvalue weighted by molar-refractivity contribution is 6.36. The van der Waals surface area contributed by atoms with E-state index in [0.29, 0.717) is 15.9 Å². The summed E-state index contributed by atoms with van der Waals surface area (Å²) in [5, 5.41) is 9.96. The van der Waals surface area contributed by atoms with Gasteiger partial charge in [0.05, 0.1) is 28.2 Å². The number of aromatic nitrogens is 1. The second-order valence-electron chi connectivity index (χ2n) is 5.71. The minimum atomic E-state index is -4.56. The average molecular weight is 368 g/mol. The van der Waals surface area contributed by atoms with Crippen LogP contribution in [0.1, 0.15) is 16.7 Å². The van der Waals surface area contributed by atoms with Gasteiger partial charge in [0.2, 0.25) is 0 Å². The summed E-state index contributed by atoms with van der Waals surface area (Å²) < 4.78 is 40.2. The first kappa shape index (κ1) is 17.4. The number of hydrogen-bond donors (Lipinski definition) is 2. The van der Waals surface area contributed by atoms with E-state index >= 15 is 0 Å². The molecule has 0 bridgehead atoms. The number of fused-ring (bicyclic) bond motifs is 1. The standard InChI is InChI=1S/C18H13ClF3NO2/c1-9-6-7-13(19)15-11(8-14(24)25)17(23-16(9)15)10-4-2-3-5-12(10)18(20,21)22/h2-7,23H,8H2,1H3,(H,24,25). The number of alkyl halides is 3. The lowest BCUT2D eigenvalue weighted by atomic mass is 9.98. The SMILES string of the molecule is Cc1ccc(Cl)c2c(CC(=O)O)c(-c3ccccc3C(F)(F)F)[nH]c12. The Bertz CT molecular complexity index is 976. The Morgan fingerprint density at radius 3 is 2.52 bits per heavy atom. The molecule has 1 aromatic heterocycles. The Morgan fingerprint density at radius 1 is 1.20 bits per heavy atom. The van der Waals surface area contributed by atoms with E-state index in [-0.39, 0.29) is 16.8 Å². The van der Waals surface area contributed by atoms with E-state index in [9.17, 15) is 23.1 Å². The highest BCUT2D eigenvalue weighted by Gasteiger charge is 2.34. The zero-order valence-corrected chi connectivity index (χ0v) is 13.8. The summed E-state index contributed by atoms with van der Waals surface area (Å²) >= 11 is 6.21. The maximum atomic E-state index is 13.4. The molecule has 2 N–H and O–H groups in total. The molecule has 0 aliphatic heterocycles. The fraction of sp³-hybridized carbons (Fsp3) is 0.167. The molecule has 3 rings (SSSR count). The number of carboxylic acids is 1. The van der Waals surface area contributed by atoms with Crippen molar-refractivity contribution in [3.8, 4) is 11.3 Å². The lowest BCUT2D eigenvalue weighted by Gasteiger charge is -2.13. The minimum absolute atomic E-state index is 0.0992. The number of aliphatic carboxylic acids is 1. The maximum Gasteiger partial charge on any atom is 0.417 e. The van der Waals surface area contributed by atoms with Gasteiger partial charge in [0.15, 0.2) is 0 Å². The predicted molar refractivity (Wildman–Crippen MR) is 89.8 cm³/mol. The van der Waals surface area contributed by atoms with Crippen molar-refractivity contribution in [1.82, 2.24) is 4.98 Å². The molecule has 0 amide bonds. The first-order valence-electron chi connectivity index (χ1n) is 7.38. The Kier molecular flexibility index (Phi) is 4.24. The second kappa shape index (κ2) is 6.11. The van der Waals surface area contributed by atoms with E-state index in [1.165, 1.54) is 18.2 Å². The third-order valence-electron chi connectivity index (χ3n) is 4.05. The van der Waals surface area contributed by atoms with Crippen LogP contribution >= 0.6 is 11.6 Å². The van der Waals surface area contributed by atoms with Crippen LogP contribution in [0, 0.1) is 6.92 Å². The number of carbonyl (C=O) groups is 1. The zero-order chi connectivity index (χ0) is 18.4. The summed E-state index contributed by atoms with van der Waals surface area (Å²) in [6.07, 6.45) is -5.00. The Balaban J connectivity index is 2.40. The van der Waals surface area contributed by atoms with Crippen molar-refractivity contribution in [3.05, 3.63) is 58.1 Å². The van der Waals surface area contributed by atoms with Gasteiger partial charge in [-0.1, -0.05) is 35.9 Å². The van der Waals surface area contributed by atoms with Gasteiger partial charge in [0.1, 0.15) is 0 Å². The first-order valence-corrected chi connectivity index (χ1v) is 7.76. The smallest absolute Gasteiger partial charge is 0.417 e. The van der Waals surface area contributed by atoms with E-state index in [1.807, 2.05) is 0 Å². The van der Waals surface area contributed by atoms with Gasteiger partial charge in [-0.2, -0.15) is 13.2 Å². The van der Waals surface area contributed by atoms with Gasteiger partial charge < -0.3 is 10.1 Å². The van der Waals surface area contributed by atoms with Gasteiger partial charge in [-0.15, -0.1) is 0 Å². The summed E-state index contributed by atoms with van der Waals surface area (Å²) in [4.78, 5) is 14.3. The zero-order valence-electron chi connectivity index (χ0n) is 13.0. The molecule has 0 spiro atoms. The molecule has 0 radical (unpaired) electrons. The predicted octanol–water partition coefficient (Wildman–Crippen LogP) is 5.44. The van der Waals surface area contributed by atoms with Gasteiger partial charge in [-0.25, -0.2) is 0 Å². The van der Waals surface area contributed by atoms with Crippen molar-refractivity contribution >= 4 is 28.5 Å². The Hall–Kier alpha value is -2.47. The minimum Gasteiger partial charge on any atom is -0.481 e. The highest BCUT2D eigenvalue weighted by Crippen LogP contribution is 2.41. The molecule has 0 aliphatic rings. The van der Waals surface area contributed by atoms with Gasteiger partial charge >= 0.3 is 12.1 Å². The van der Waals surface area contributed by atoms with E-state index in [2.05, 4.69) is 4.98 Å². The molecular formula is C18H13ClF3NO2. The molecule has 25 heavy (non-hydrogen) atoms. The molecule has 0 aliphatic carbocycles. The fourth-order valence-electron chi connectivity index (χ4n) is 2.97. The van der Waals surface area contributed by atoms with Crippen LogP contribution in [0.15, 0.2) is 36.4 Å². The van der Waals surface area contributed by atoms with Crippen LogP contribution in [-0.4, -0.2) is 16.1 Å². The molecule has 7 heteroatoms. The summed E-state index contributed by atoms with van der Waals surface area (Å²) in [7, 11) is 0. The maximum absolute atomic E-state index is 13.4. The number of benzene rings is 2. The molecular weight excluding hydrogens is 355 g/mol. The monoisotopic (exact) mass is 367 g/mol. The van der Waals surface area contributed by atoms with E-state index in [0.717, 1.165) is 11.6 Å². The molecule has 3 aromatic rings. The molecule has 0 unspecified atom stereocenters. The lowest BCUT2D eigenvalue weighted by Crippen LogP contribution is -2.08. The van der Waals surface area contributed by atoms with E-state index < -0.39 is 24.1 Å². The van der Waals surface area contributed by atoms with E-state index in [4.69, 9.17) is 11.6 Å². The van der Waals surface area contributed by atoms with E-state index in [1.54, 1.807) is 19.1 Å². The topological polar surface area (TPSA) is 53.1 Å². The molecule has 0 atom stereocenters. The van der Waals surface area contributed by atoms with Crippen LogP contribution < -0.4 is 0 Å². The summed E-state index contributed by atoms with van der Waals surface area (Å²) in [5.41, 5.74) is 0.742. The number of rotatable bonds is 3. The van der Waals surface area contributed by atoms with Crippen molar-refractivity contribution in [2.75, 3.05) is 0 Å². The molecule has 1 heterocycles. The van der Waals surface area contributed by atoms with Crippen LogP contribution in [0.25, 0.3) is 22.2 Å². The summed E-state index contributed by atoms with van der Waals surface area (Å²) in [6.45, 7) is 1.78. The van der Waals surface area contributed by atoms with Crippen molar-refractivity contribution in [3.63, 3.8) is 0 Å². The third kappa shape index (κ3) is 3.09. The molecule has 0 saturated heterocycles. The van der Waals surface area contributed by atoms with Crippen LogP contribution in [0.2, 0.25) is 5.02 Å². The molecule has 130 valence electrons. The van der Waals surface area contributed by atoms with Crippen molar-refractivity contribution in [2.24, 2.45) is 0 Å². The number of aromatic amines is 1. The van der Waals surface area contributed by atoms with Gasteiger partial charge in [0, 0.05) is 10.9 Å². The van der Waals surface area contributed by atoms with Crippen LogP contribution in [0.3, 0.4) is 0 Å². The van der Waals surface area contributed by atoms with Crippen LogP contribution in [0.5, 0.6) is 0 Å². The van der Waals surface area contributed by atoms with Crippen LogP contribution in [-0.2, 0) is 17.4 Å². The average Bonchev–Trinajstić information content (AvgIpc) is 2.90. The number of hydrogen-bond acceptors (Lipinski definition) is 1. The fourth-order valence-corrected chi connectivity index (χ4v) is 3.24. The Labute approximate surface area is 146 Å².